The Labute approximate surface area is 130 Å². The van der Waals surface area contributed by atoms with Crippen molar-refractivity contribution in [2.75, 3.05) is 0 Å². The van der Waals surface area contributed by atoms with E-state index in [1.165, 1.54) is 18.2 Å². The van der Waals surface area contributed by atoms with Crippen molar-refractivity contribution in [3.63, 3.8) is 0 Å². The largest absolute Gasteiger partial charge is 0.428 e. The molecule has 0 fully saturated rings. The SMILES string of the molecule is O=C=Nc1ccc(C=Cc2ccc(OC(F)=C(F)F)cc2)cc1. The second-order valence-corrected chi connectivity index (χ2v) is 4.33. The molecule has 0 spiro atoms. The molecule has 0 saturated carbocycles. The van der Waals surface area contributed by atoms with Crippen molar-refractivity contribution in [3.05, 3.63) is 71.8 Å². The Morgan fingerprint density at radius 3 is 1.91 bits per heavy atom. The van der Waals surface area contributed by atoms with Gasteiger partial charge in [0.15, 0.2) is 0 Å². The highest BCUT2D eigenvalue weighted by Crippen LogP contribution is 2.20. The van der Waals surface area contributed by atoms with Gasteiger partial charge >= 0.3 is 12.1 Å². The van der Waals surface area contributed by atoms with Gasteiger partial charge in [-0.25, -0.2) is 4.79 Å². The van der Waals surface area contributed by atoms with E-state index in [-0.39, 0.29) is 5.75 Å². The van der Waals surface area contributed by atoms with Crippen LogP contribution in [0.5, 0.6) is 5.75 Å². The number of rotatable bonds is 5. The first-order chi connectivity index (χ1) is 11.1. The standard InChI is InChI=1S/C17H10F3NO2/c18-16(19)17(20)23-15-9-5-13(6-10-15)2-1-12-3-7-14(8-4-12)21-11-22/h1-10H. The van der Waals surface area contributed by atoms with E-state index >= 15 is 0 Å². The van der Waals surface area contributed by atoms with Crippen LogP contribution in [0.3, 0.4) is 0 Å². The van der Waals surface area contributed by atoms with Crippen LogP contribution < -0.4 is 4.74 Å². The molecule has 116 valence electrons. The van der Waals surface area contributed by atoms with Crippen LogP contribution in [0.4, 0.5) is 18.9 Å². The Hall–Kier alpha value is -3.11. The summed E-state index contributed by atoms with van der Waals surface area (Å²) in [6.07, 6.45) is 2.54. The smallest absolute Gasteiger partial charge is 0.344 e. The molecule has 23 heavy (non-hydrogen) atoms. The zero-order chi connectivity index (χ0) is 16.7. The van der Waals surface area contributed by atoms with Gasteiger partial charge in [-0.1, -0.05) is 36.4 Å². The molecule has 0 aliphatic carbocycles. The number of carbonyl (C=O) groups excluding carboxylic acids is 1. The van der Waals surface area contributed by atoms with E-state index < -0.39 is 12.1 Å². The number of hydrogen-bond donors (Lipinski definition) is 0. The Bertz CT molecular complexity index is 770. The van der Waals surface area contributed by atoms with Crippen molar-refractivity contribution >= 4 is 23.9 Å². The maximum Gasteiger partial charge on any atom is 0.344 e. The maximum atomic E-state index is 12.6. The molecule has 2 rings (SSSR count). The summed E-state index contributed by atoms with van der Waals surface area (Å²) in [6, 6.07) is 10.9. The molecule has 0 bridgehead atoms. The molecule has 0 amide bonds. The molecule has 0 radical (unpaired) electrons. The van der Waals surface area contributed by atoms with Gasteiger partial charge in [-0.15, -0.1) is 0 Å². The molecule has 0 aromatic heterocycles. The van der Waals surface area contributed by atoms with E-state index in [9.17, 15) is 18.0 Å². The molecule has 2 aromatic carbocycles. The van der Waals surface area contributed by atoms with Gasteiger partial charge in [-0.3, -0.25) is 0 Å². The van der Waals surface area contributed by atoms with Crippen LogP contribution in [0.1, 0.15) is 11.1 Å². The summed E-state index contributed by atoms with van der Waals surface area (Å²) in [7, 11) is 0. The predicted molar refractivity (Wildman–Crippen MR) is 80.6 cm³/mol. The maximum absolute atomic E-state index is 12.6. The van der Waals surface area contributed by atoms with Gasteiger partial charge in [0.05, 0.1) is 5.69 Å². The topological polar surface area (TPSA) is 38.7 Å². The molecule has 0 heterocycles. The van der Waals surface area contributed by atoms with Crippen molar-refractivity contribution in [3.8, 4) is 5.75 Å². The van der Waals surface area contributed by atoms with Gasteiger partial charge in [-0.05, 0) is 35.4 Å². The minimum atomic E-state index is -2.50. The van der Waals surface area contributed by atoms with E-state index in [1.54, 1.807) is 42.5 Å². The number of benzene rings is 2. The minimum absolute atomic E-state index is 0.0245. The Morgan fingerprint density at radius 2 is 1.43 bits per heavy atom. The number of halogens is 3. The Morgan fingerprint density at radius 1 is 0.913 bits per heavy atom. The third-order valence-electron chi connectivity index (χ3n) is 2.77. The molecule has 0 aliphatic rings. The zero-order valence-corrected chi connectivity index (χ0v) is 11.7. The monoisotopic (exact) mass is 317 g/mol. The van der Waals surface area contributed by atoms with Gasteiger partial charge < -0.3 is 4.74 Å². The molecule has 0 atom stereocenters. The second-order valence-electron chi connectivity index (χ2n) is 4.33. The van der Waals surface area contributed by atoms with E-state index in [0.29, 0.717) is 5.69 Å². The third-order valence-corrected chi connectivity index (χ3v) is 2.77. The van der Waals surface area contributed by atoms with Gasteiger partial charge in [-0.2, -0.15) is 18.2 Å². The van der Waals surface area contributed by atoms with Crippen LogP contribution in [0.2, 0.25) is 0 Å². The molecule has 0 aliphatic heterocycles. The Kier molecular flexibility index (Phi) is 5.50. The van der Waals surface area contributed by atoms with E-state index in [4.69, 9.17) is 0 Å². The van der Waals surface area contributed by atoms with Gasteiger partial charge in [0, 0.05) is 0 Å². The number of ether oxygens (including phenoxy) is 1. The van der Waals surface area contributed by atoms with Crippen molar-refractivity contribution in [2.45, 2.75) is 0 Å². The summed E-state index contributed by atoms with van der Waals surface area (Å²) < 4.78 is 40.8. The quantitative estimate of drug-likeness (QED) is 0.327. The van der Waals surface area contributed by atoms with Gasteiger partial charge in [0.25, 0.3) is 0 Å². The highest BCUT2D eigenvalue weighted by molar-refractivity contribution is 5.70. The first-order valence-corrected chi connectivity index (χ1v) is 6.43. The fourth-order valence-corrected chi connectivity index (χ4v) is 1.69. The molecule has 6 heteroatoms. The molecule has 0 unspecified atom stereocenters. The first kappa shape index (κ1) is 16.3. The average Bonchev–Trinajstić information content (AvgIpc) is 2.55. The fraction of sp³-hybridized carbons (Fsp3) is 0. The number of nitrogens with zero attached hydrogens (tertiary/aromatic N) is 1. The van der Waals surface area contributed by atoms with Crippen molar-refractivity contribution in [1.82, 2.24) is 0 Å². The van der Waals surface area contributed by atoms with Crippen LogP contribution in [0.15, 0.2) is 65.6 Å². The highest BCUT2D eigenvalue weighted by Gasteiger charge is 2.07. The van der Waals surface area contributed by atoms with E-state index in [1.807, 2.05) is 6.08 Å². The van der Waals surface area contributed by atoms with Crippen LogP contribution in [-0.2, 0) is 4.79 Å². The average molecular weight is 317 g/mol. The summed E-state index contributed by atoms with van der Waals surface area (Å²) >= 11 is 0. The molecule has 2 aromatic rings. The molecule has 0 N–H and O–H groups in total. The highest BCUT2D eigenvalue weighted by atomic mass is 19.3. The predicted octanol–water partition coefficient (Wildman–Crippen LogP) is 5.24. The fourth-order valence-electron chi connectivity index (χ4n) is 1.69. The lowest BCUT2D eigenvalue weighted by Gasteiger charge is -2.02. The summed E-state index contributed by atoms with van der Waals surface area (Å²) in [6.45, 7) is 0. The lowest BCUT2D eigenvalue weighted by Crippen LogP contribution is -1.90. The summed E-state index contributed by atoms with van der Waals surface area (Å²) in [4.78, 5) is 13.6. The summed E-state index contributed by atoms with van der Waals surface area (Å²) in [5, 5.41) is 0. The number of isocyanates is 1. The van der Waals surface area contributed by atoms with Gasteiger partial charge in [0.1, 0.15) is 5.75 Å². The summed E-state index contributed by atoms with van der Waals surface area (Å²) in [5.41, 5.74) is 2.16. The van der Waals surface area contributed by atoms with Crippen molar-refractivity contribution in [1.29, 1.82) is 0 Å². The number of hydrogen-bond acceptors (Lipinski definition) is 3. The van der Waals surface area contributed by atoms with Crippen LogP contribution >= 0.6 is 0 Å². The van der Waals surface area contributed by atoms with Crippen LogP contribution in [0, 0.1) is 0 Å². The van der Waals surface area contributed by atoms with Crippen LogP contribution in [-0.4, -0.2) is 6.08 Å². The molecular weight excluding hydrogens is 307 g/mol. The Balaban J connectivity index is 2.05. The van der Waals surface area contributed by atoms with Crippen LogP contribution in [0.25, 0.3) is 12.2 Å². The minimum Gasteiger partial charge on any atom is -0.428 e. The molecule has 3 nitrogen and oxygen atoms in total. The second kappa shape index (κ2) is 7.77. The van der Waals surface area contributed by atoms with Crippen molar-refractivity contribution in [2.24, 2.45) is 4.99 Å². The molecular formula is C17H10F3NO2. The normalized spacial score (nSPS) is 10.2. The third kappa shape index (κ3) is 4.98. The van der Waals surface area contributed by atoms with Crippen molar-refractivity contribution < 1.29 is 22.7 Å². The molecule has 0 saturated heterocycles. The number of aliphatic imine (C=N–C) groups is 1. The summed E-state index contributed by atoms with van der Waals surface area (Å²) in [5.74, 6) is -0.0245. The van der Waals surface area contributed by atoms with E-state index in [0.717, 1.165) is 11.1 Å². The first-order valence-electron chi connectivity index (χ1n) is 6.43. The van der Waals surface area contributed by atoms with E-state index in [2.05, 4.69) is 9.73 Å². The lowest BCUT2D eigenvalue weighted by molar-refractivity contribution is 0.241. The zero-order valence-electron chi connectivity index (χ0n) is 11.7. The lowest BCUT2D eigenvalue weighted by atomic mass is 10.1. The van der Waals surface area contributed by atoms with Gasteiger partial charge in [0.2, 0.25) is 6.08 Å².